The summed E-state index contributed by atoms with van der Waals surface area (Å²) in [5.41, 5.74) is -1.84. The van der Waals surface area contributed by atoms with Crippen molar-refractivity contribution < 1.29 is 31.5 Å². The summed E-state index contributed by atoms with van der Waals surface area (Å²) in [5.74, 6) is -1.01. The van der Waals surface area contributed by atoms with Gasteiger partial charge in [-0.25, -0.2) is 8.78 Å². The highest BCUT2D eigenvalue weighted by Crippen LogP contribution is 2.49. The van der Waals surface area contributed by atoms with Gasteiger partial charge in [-0.3, -0.25) is 14.5 Å². The summed E-state index contributed by atoms with van der Waals surface area (Å²) in [5, 5.41) is 4.87. The van der Waals surface area contributed by atoms with Crippen LogP contribution in [0.3, 0.4) is 0 Å². The molecule has 2 amide bonds. The first-order valence-electron chi connectivity index (χ1n) is 10.8. The van der Waals surface area contributed by atoms with Crippen molar-refractivity contribution in [2.24, 2.45) is 11.3 Å². The summed E-state index contributed by atoms with van der Waals surface area (Å²) in [6, 6.07) is 5.63. The average molecular weight is 459 g/mol. The molecule has 32 heavy (non-hydrogen) atoms. The number of nitrogens with zero attached hydrogens (tertiary/aromatic N) is 1. The Kier molecular flexibility index (Phi) is 5.94. The highest BCUT2D eigenvalue weighted by molar-refractivity contribution is 5.92. The van der Waals surface area contributed by atoms with Crippen LogP contribution >= 0.6 is 0 Å². The summed E-state index contributed by atoms with van der Waals surface area (Å²) in [4.78, 5) is 26.4. The largest absolute Gasteiger partial charge is 0.411 e. The fraction of sp³-hybridized carbons (Fsp3) is 0.636. The Morgan fingerprint density at radius 2 is 1.75 bits per heavy atom. The molecule has 1 aromatic rings. The second-order valence-corrected chi connectivity index (χ2v) is 9.46. The summed E-state index contributed by atoms with van der Waals surface area (Å²) in [6.07, 6.45) is -4.29. The van der Waals surface area contributed by atoms with Gasteiger partial charge in [-0.05, 0) is 56.1 Å². The van der Waals surface area contributed by atoms with Gasteiger partial charge in [-0.15, -0.1) is 0 Å². The van der Waals surface area contributed by atoms with Gasteiger partial charge in [0.2, 0.25) is 11.8 Å². The zero-order valence-electron chi connectivity index (χ0n) is 17.5. The molecule has 2 N–H and O–H groups in total. The second kappa shape index (κ2) is 8.28. The number of carbonyl (C=O) groups excluding carboxylic acids is 2. The van der Waals surface area contributed by atoms with Gasteiger partial charge in [0.1, 0.15) is 5.54 Å². The number of anilines is 1. The van der Waals surface area contributed by atoms with Gasteiger partial charge < -0.3 is 10.6 Å². The molecule has 5 nitrogen and oxygen atoms in total. The van der Waals surface area contributed by atoms with Crippen LogP contribution in [0.1, 0.15) is 50.5 Å². The third-order valence-electron chi connectivity index (χ3n) is 6.98. The minimum atomic E-state index is -4.42. The van der Waals surface area contributed by atoms with Crippen molar-refractivity contribution in [2.45, 2.75) is 56.7 Å². The number of alkyl halides is 5. The molecule has 1 spiro atoms. The molecule has 2 saturated carbocycles. The monoisotopic (exact) mass is 459 g/mol. The maximum Gasteiger partial charge on any atom is 0.411 e. The summed E-state index contributed by atoms with van der Waals surface area (Å²) in [7, 11) is 0. The number of amides is 2. The molecule has 0 atom stereocenters. The molecule has 0 radical (unpaired) electrons. The Bertz CT molecular complexity index is 869. The molecule has 1 heterocycles. The molecule has 0 bridgehead atoms. The standard InChI is InChI=1S/C22H26F5N3O2/c23-18(24)15-2-1-3-16(10-15)28-19(32)14-4-6-20(7-5-14)12-30(13-20)11-17(31)29-21(8-9-21)22(25,26)27/h1-3,10,14,18H,4-9,11-13H2,(H,28,32)(H,29,31). The maximum atomic E-state index is 13.0. The van der Waals surface area contributed by atoms with Crippen molar-refractivity contribution in [1.82, 2.24) is 10.2 Å². The molecule has 4 rings (SSSR count). The lowest BCUT2D eigenvalue weighted by molar-refractivity contribution is -0.171. The van der Waals surface area contributed by atoms with E-state index in [0.29, 0.717) is 31.6 Å². The molecule has 2 aliphatic carbocycles. The lowest BCUT2D eigenvalue weighted by atomic mass is 9.65. The number of rotatable bonds is 6. The fourth-order valence-electron chi connectivity index (χ4n) is 4.93. The molecule has 176 valence electrons. The van der Waals surface area contributed by atoms with Crippen molar-refractivity contribution >= 4 is 17.5 Å². The highest BCUT2D eigenvalue weighted by atomic mass is 19.4. The van der Waals surface area contributed by atoms with Crippen LogP contribution in [0.2, 0.25) is 0 Å². The number of benzene rings is 1. The number of carbonyl (C=O) groups is 2. The first kappa shape index (κ1) is 22.9. The van der Waals surface area contributed by atoms with Crippen molar-refractivity contribution in [3.05, 3.63) is 29.8 Å². The Morgan fingerprint density at radius 3 is 2.31 bits per heavy atom. The quantitative estimate of drug-likeness (QED) is 0.625. The Morgan fingerprint density at radius 1 is 1.09 bits per heavy atom. The lowest BCUT2D eigenvalue weighted by Gasteiger charge is -2.53. The van der Waals surface area contributed by atoms with E-state index in [9.17, 15) is 31.5 Å². The van der Waals surface area contributed by atoms with Gasteiger partial charge in [0.15, 0.2) is 0 Å². The van der Waals surface area contributed by atoms with Gasteiger partial charge in [0.05, 0.1) is 6.54 Å². The molecule has 1 aliphatic heterocycles. The van der Waals surface area contributed by atoms with E-state index in [1.54, 1.807) is 6.07 Å². The van der Waals surface area contributed by atoms with Crippen LogP contribution in [-0.4, -0.2) is 48.1 Å². The molecule has 0 aromatic heterocycles. The van der Waals surface area contributed by atoms with E-state index in [1.807, 2.05) is 4.90 Å². The Hall–Kier alpha value is -2.23. The van der Waals surface area contributed by atoms with E-state index >= 15 is 0 Å². The van der Waals surface area contributed by atoms with Crippen molar-refractivity contribution in [3.8, 4) is 0 Å². The minimum Gasteiger partial charge on any atom is -0.341 e. The lowest BCUT2D eigenvalue weighted by Crippen LogP contribution is -2.61. The van der Waals surface area contributed by atoms with Crippen LogP contribution in [0, 0.1) is 11.3 Å². The van der Waals surface area contributed by atoms with Crippen LogP contribution in [0.4, 0.5) is 27.6 Å². The number of halogens is 5. The number of likely N-dealkylation sites (tertiary alicyclic amines) is 1. The van der Waals surface area contributed by atoms with Crippen LogP contribution in [0.25, 0.3) is 0 Å². The van der Waals surface area contributed by atoms with E-state index in [4.69, 9.17) is 0 Å². The first-order chi connectivity index (χ1) is 15.0. The summed E-state index contributed by atoms with van der Waals surface area (Å²) in [6.45, 7) is 1.21. The molecular formula is C22H26F5N3O2. The molecule has 3 fully saturated rings. The minimum absolute atomic E-state index is 0.00600. The van der Waals surface area contributed by atoms with E-state index in [2.05, 4.69) is 10.6 Å². The number of hydrogen-bond donors (Lipinski definition) is 2. The average Bonchev–Trinajstić information content (AvgIpc) is 3.48. The van der Waals surface area contributed by atoms with E-state index in [1.165, 1.54) is 18.2 Å². The maximum absolute atomic E-state index is 13.0. The highest BCUT2D eigenvalue weighted by Gasteiger charge is 2.64. The fourth-order valence-corrected chi connectivity index (χ4v) is 4.93. The van der Waals surface area contributed by atoms with E-state index < -0.39 is 24.0 Å². The van der Waals surface area contributed by atoms with Crippen LogP contribution < -0.4 is 10.6 Å². The molecular weight excluding hydrogens is 433 g/mol. The van der Waals surface area contributed by atoms with Crippen molar-refractivity contribution in [2.75, 3.05) is 25.0 Å². The van der Waals surface area contributed by atoms with Crippen LogP contribution in [-0.2, 0) is 9.59 Å². The third-order valence-corrected chi connectivity index (χ3v) is 6.98. The van der Waals surface area contributed by atoms with Gasteiger partial charge in [0.25, 0.3) is 6.43 Å². The van der Waals surface area contributed by atoms with Gasteiger partial charge in [-0.2, -0.15) is 13.2 Å². The van der Waals surface area contributed by atoms with Gasteiger partial charge >= 0.3 is 6.18 Å². The van der Waals surface area contributed by atoms with Crippen molar-refractivity contribution in [3.63, 3.8) is 0 Å². The second-order valence-electron chi connectivity index (χ2n) is 9.46. The number of nitrogens with one attached hydrogen (secondary N) is 2. The van der Waals surface area contributed by atoms with Gasteiger partial charge in [0, 0.05) is 30.3 Å². The van der Waals surface area contributed by atoms with Crippen LogP contribution in [0.15, 0.2) is 24.3 Å². The molecule has 10 heteroatoms. The zero-order chi connectivity index (χ0) is 23.1. The van der Waals surface area contributed by atoms with Gasteiger partial charge in [-0.1, -0.05) is 12.1 Å². The zero-order valence-corrected chi connectivity index (χ0v) is 17.5. The SMILES string of the molecule is O=C(CN1CC2(CCC(C(=O)Nc3cccc(C(F)F)c3)CC2)C1)NC1(C(F)(F)F)CC1. The molecule has 1 aromatic carbocycles. The third kappa shape index (κ3) is 4.74. The summed E-state index contributed by atoms with van der Waals surface area (Å²) >= 11 is 0. The topological polar surface area (TPSA) is 61.4 Å². The normalized spacial score (nSPS) is 22.4. The predicted molar refractivity (Wildman–Crippen MR) is 107 cm³/mol. The number of hydrogen-bond acceptors (Lipinski definition) is 3. The smallest absolute Gasteiger partial charge is 0.341 e. The Labute approximate surface area is 182 Å². The summed E-state index contributed by atoms with van der Waals surface area (Å²) < 4.78 is 64.6. The van der Waals surface area contributed by atoms with Crippen molar-refractivity contribution in [1.29, 1.82) is 0 Å². The van der Waals surface area contributed by atoms with E-state index in [-0.39, 0.29) is 42.2 Å². The molecule has 3 aliphatic rings. The van der Waals surface area contributed by atoms with E-state index in [0.717, 1.165) is 12.8 Å². The first-order valence-corrected chi connectivity index (χ1v) is 10.8. The van der Waals surface area contributed by atoms with Crippen LogP contribution in [0.5, 0.6) is 0 Å². The predicted octanol–water partition coefficient (Wildman–Crippen LogP) is 4.27. The Balaban J connectivity index is 1.21. The molecule has 0 unspecified atom stereocenters. The molecule has 1 saturated heterocycles.